The van der Waals surface area contributed by atoms with Gasteiger partial charge >= 0.3 is 0 Å². The van der Waals surface area contributed by atoms with Crippen molar-refractivity contribution in [1.29, 1.82) is 0 Å². The number of carbonyl (C=O) groups excluding carboxylic acids is 1. The zero-order chi connectivity index (χ0) is 13.1. The first-order valence-electron chi connectivity index (χ1n) is 5.42. The minimum Gasteiger partial charge on any atom is -0.508 e. The van der Waals surface area contributed by atoms with Gasteiger partial charge in [0.2, 0.25) is 0 Å². The molecule has 0 unspecified atom stereocenters. The maximum Gasteiger partial charge on any atom is 0.255 e. The summed E-state index contributed by atoms with van der Waals surface area (Å²) in [6, 6.07) is 10.3. The third kappa shape index (κ3) is 2.85. The summed E-state index contributed by atoms with van der Waals surface area (Å²) in [6.45, 7) is 1.74. The normalized spacial score (nSPS) is 10.1. The molecule has 0 aromatic heterocycles. The highest BCUT2D eigenvalue weighted by Crippen LogP contribution is 2.16. The Labute approximate surface area is 104 Å². The van der Waals surface area contributed by atoms with Crippen molar-refractivity contribution in [2.45, 2.75) is 6.92 Å². The van der Waals surface area contributed by atoms with E-state index in [1.807, 2.05) is 0 Å². The predicted molar refractivity (Wildman–Crippen MR) is 67.2 cm³/mol. The summed E-state index contributed by atoms with van der Waals surface area (Å²) in [5, 5.41) is 11.9. The zero-order valence-electron chi connectivity index (χ0n) is 9.77. The van der Waals surface area contributed by atoms with Gasteiger partial charge in [-0.05, 0) is 48.9 Å². The van der Waals surface area contributed by atoms with Crippen molar-refractivity contribution < 1.29 is 14.3 Å². The molecule has 0 saturated carbocycles. The lowest BCUT2D eigenvalue weighted by atomic mass is 10.1. The van der Waals surface area contributed by atoms with Crippen molar-refractivity contribution in [3.05, 3.63) is 59.4 Å². The standard InChI is InChI=1S/C14H12FNO2/c1-9-5-11(15)8-12(6-9)16-14(18)10-3-2-4-13(17)7-10/h2-8,17H,1H3,(H,16,18). The lowest BCUT2D eigenvalue weighted by molar-refractivity contribution is 0.102. The first-order chi connectivity index (χ1) is 8.54. The molecule has 4 heteroatoms. The summed E-state index contributed by atoms with van der Waals surface area (Å²) in [5.41, 5.74) is 1.43. The molecule has 0 aliphatic carbocycles. The van der Waals surface area contributed by atoms with Gasteiger partial charge in [0.05, 0.1) is 0 Å². The van der Waals surface area contributed by atoms with Gasteiger partial charge in [0.25, 0.3) is 5.91 Å². The number of phenolic OH excluding ortho intramolecular Hbond substituents is 1. The zero-order valence-corrected chi connectivity index (χ0v) is 9.77. The molecule has 0 spiro atoms. The van der Waals surface area contributed by atoms with Gasteiger partial charge in [0.1, 0.15) is 11.6 Å². The molecule has 0 heterocycles. The highest BCUT2D eigenvalue weighted by Gasteiger charge is 2.07. The van der Waals surface area contributed by atoms with E-state index in [4.69, 9.17) is 0 Å². The largest absolute Gasteiger partial charge is 0.508 e. The topological polar surface area (TPSA) is 49.3 Å². The molecule has 2 rings (SSSR count). The first-order valence-corrected chi connectivity index (χ1v) is 5.42. The fraction of sp³-hybridized carbons (Fsp3) is 0.0714. The molecule has 2 aromatic carbocycles. The summed E-state index contributed by atoms with van der Waals surface area (Å²) >= 11 is 0. The van der Waals surface area contributed by atoms with E-state index in [0.29, 0.717) is 11.3 Å². The lowest BCUT2D eigenvalue weighted by Gasteiger charge is -2.06. The maximum absolute atomic E-state index is 13.2. The van der Waals surface area contributed by atoms with Crippen molar-refractivity contribution in [2.24, 2.45) is 0 Å². The van der Waals surface area contributed by atoms with Crippen molar-refractivity contribution in [2.75, 3.05) is 5.32 Å². The molecule has 92 valence electrons. The fourth-order valence-corrected chi connectivity index (χ4v) is 1.66. The number of hydrogen-bond acceptors (Lipinski definition) is 2. The van der Waals surface area contributed by atoms with E-state index < -0.39 is 11.7 Å². The van der Waals surface area contributed by atoms with Crippen molar-refractivity contribution in [3.63, 3.8) is 0 Å². The fourth-order valence-electron chi connectivity index (χ4n) is 1.66. The van der Waals surface area contributed by atoms with Crippen LogP contribution in [0.1, 0.15) is 15.9 Å². The van der Waals surface area contributed by atoms with Crippen LogP contribution in [-0.4, -0.2) is 11.0 Å². The molecular formula is C14H12FNO2. The monoisotopic (exact) mass is 245 g/mol. The number of phenols is 1. The van der Waals surface area contributed by atoms with Crippen LogP contribution in [0.5, 0.6) is 5.75 Å². The minimum atomic E-state index is -0.402. The van der Waals surface area contributed by atoms with Crippen LogP contribution in [0.25, 0.3) is 0 Å². The van der Waals surface area contributed by atoms with E-state index in [2.05, 4.69) is 5.32 Å². The van der Waals surface area contributed by atoms with E-state index in [-0.39, 0.29) is 5.75 Å². The molecule has 0 aliphatic heterocycles. The average Bonchev–Trinajstić information content (AvgIpc) is 2.27. The number of amides is 1. The molecule has 0 saturated heterocycles. The Morgan fingerprint density at radius 1 is 1.22 bits per heavy atom. The van der Waals surface area contributed by atoms with E-state index in [1.54, 1.807) is 25.1 Å². The summed E-state index contributed by atoms with van der Waals surface area (Å²) in [6.07, 6.45) is 0. The van der Waals surface area contributed by atoms with Crippen LogP contribution in [0.4, 0.5) is 10.1 Å². The van der Waals surface area contributed by atoms with Crippen molar-refractivity contribution >= 4 is 11.6 Å². The van der Waals surface area contributed by atoms with Crippen molar-refractivity contribution in [1.82, 2.24) is 0 Å². The predicted octanol–water partition coefficient (Wildman–Crippen LogP) is 3.09. The number of halogens is 1. The minimum absolute atomic E-state index is 0.0121. The van der Waals surface area contributed by atoms with Crippen LogP contribution in [0.2, 0.25) is 0 Å². The smallest absolute Gasteiger partial charge is 0.255 e. The number of anilines is 1. The Bertz CT molecular complexity index is 576. The second-order valence-corrected chi connectivity index (χ2v) is 4.02. The highest BCUT2D eigenvalue weighted by molar-refractivity contribution is 6.04. The Hall–Kier alpha value is -2.36. The Kier molecular flexibility index (Phi) is 3.28. The van der Waals surface area contributed by atoms with Crippen LogP contribution >= 0.6 is 0 Å². The van der Waals surface area contributed by atoms with Gasteiger partial charge in [-0.2, -0.15) is 0 Å². The molecule has 2 aromatic rings. The van der Waals surface area contributed by atoms with Crippen LogP contribution in [0, 0.1) is 12.7 Å². The molecule has 0 bridgehead atoms. The molecular weight excluding hydrogens is 233 g/mol. The van der Waals surface area contributed by atoms with Crippen molar-refractivity contribution in [3.8, 4) is 5.75 Å². The quantitative estimate of drug-likeness (QED) is 0.854. The van der Waals surface area contributed by atoms with E-state index in [0.717, 1.165) is 5.56 Å². The molecule has 3 nitrogen and oxygen atoms in total. The Balaban J connectivity index is 2.21. The number of benzene rings is 2. The maximum atomic E-state index is 13.2. The third-order valence-electron chi connectivity index (χ3n) is 2.41. The molecule has 2 N–H and O–H groups in total. The van der Waals surface area contributed by atoms with Gasteiger partial charge in [-0.15, -0.1) is 0 Å². The number of aryl methyl sites for hydroxylation is 1. The third-order valence-corrected chi connectivity index (χ3v) is 2.41. The van der Waals surface area contributed by atoms with Crippen LogP contribution in [0.3, 0.4) is 0 Å². The molecule has 18 heavy (non-hydrogen) atoms. The SMILES string of the molecule is Cc1cc(F)cc(NC(=O)c2cccc(O)c2)c1. The second kappa shape index (κ2) is 4.87. The summed E-state index contributed by atoms with van der Waals surface area (Å²) in [7, 11) is 0. The van der Waals surface area contributed by atoms with Gasteiger partial charge in [-0.25, -0.2) is 4.39 Å². The first kappa shape index (κ1) is 12.1. The number of hydrogen-bond donors (Lipinski definition) is 2. The van der Waals surface area contributed by atoms with Crippen LogP contribution in [0.15, 0.2) is 42.5 Å². The van der Waals surface area contributed by atoms with Crippen LogP contribution < -0.4 is 5.32 Å². The molecule has 0 atom stereocenters. The van der Waals surface area contributed by atoms with E-state index in [1.165, 1.54) is 24.3 Å². The molecule has 0 aliphatic rings. The Morgan fingerprint density at radius 2 is 2.00 bits per heavy atom. The lowest BCUT2D eigenvalue weighted by Crippen LogP contribution is -2.11. The van der Waals surface area contributed by atoms with Gasteiger partial charge in [0, 0.05) is 11.3 Å². The molecule has 0 radical (unpaired) electrons. The second-order valence-electron chi connectivity index (χ2n) is 4.02. The number of nitrogens with one attached hydrogen (secondary N) is 1. The van der Waals surface area contributed by atoms with Gasteiger partial charge in [-0.3, -0.25) is 4.79 Å². The number of aromatic hydroxyl groups is 1. The summed E-state index contributed by atoms with van der Waals surface area (Å²) < 4.78 is 13.2. The number of rotatable bonds is 2. The van der Waals surface area contributed by atoms with Crippen LogP contribution in [-0.2, 0) is 0 Å². The Morgan fingerprint density at radius 3 is 2.67 bits per heavy atom. The van der Waals surface area contributed by atoms with E-state index in [9.17, 15) is 14.3 Å². The van der Waals surface area contributed by atoms with Gasteiger partial charge in [0.15, 0.2) is 0 Å². The average molecular weight is 245 g/mol. The highest BCUT2D eigenvalue weighted by atomic mass is 19.1. The van der Waals surface area contributed by atoms with Gasteiger partial charge in [-0.1, -0.05) is 6.07 Å². The summed E-state index contributed by atoms with van der Waals surface area (Å²) in [4.78, 5) is 11.8. The summed E-state index contributed by atoms with van der Waals surface area (Å²) in [5.74, 6) is -0.782. The number of carbonyl (C=O) groups is 1. The molecule has 0 fully saturated rings. The molecule has 1 amide bonds. The van der Waals surface area contributed by atoms with Gasteiger partial charge < -0.3 is 10.4 Å². The van der Waals surface area contributed by atoms with E-state index >= 15 is 0 Å².